The van der Waals surface area contributed by atoms with Crippen LogP contribution in [0.5, 0.6) is 0 Å². The molecule has 3 N–H and O–H groups in total. The molecule has 6 heteroatoms. The zero-order chi connectivity index (χ0) is 12.3. The monoisotopic (exact) mass is 254 g/mol. The van der Waals surface area contributed by atoms with Crippen molar-refractivity contribution in [2.24, 2.45) is 11.7 Å². The Kier molecular flexibility index (Phi) is 3.91. The van der Waals surface area contributed by atoms with Gasteiger partial charge in [0.05, 0.1) is 0 Å². The first-order chi connectivity index (χ1) is 8.15. The maximum Gasteiger partial charge on any atom is 0.228 e. The molecule has 5 nitrogen and oxygen atoms in total. The van der Waals surface area contributed by atoms with Crippen LogP contribution in [0.2, 0.25) is 5.15 Å². The lowest BCUT2D eigenvalue weighted by atomic mass is 9.86. The summed E-state index contributed by atoms with van der Waals surface area (Å²) >= 11 is 5.71. The maximum absolute atomic E-state index is 11.9. The van der Waals surface area contributed by atoms with Crippen LogP contribution in [0, 0.1) is 5.92 Å². The first-order valence-corrected chi connectivity index (χ1v) is 6.07. The van der Waals surface area contributed by atoms with Gasteiger partial charge in [-0.25, -0.2) is 9.97 Å². The van der Waals surface area contributed by atoms with Crippen LogP contribution in [0.3, 0.4) is 0 Å². The highest BCUT2D eigenvalue weighted by molar-refractivity contribution is 6.29. The second kappa shape index (κ2) is 5.42. The molecule has 0 unspecified atom stereocenters. The lowest BCUT2D eigenvalue weighted by Crippen LogP contribution is -2.32. The molecule has 0 atom stereocenters. The van der Waals surface area contributed by atoms with Crippen molar-refractivity contribution in [3.05, 3.63) is 17.5 Å². The second-order valence-corrected chi connectivity index (χ2v) is 4.71. The minimum atomic E-state index is -0.00772. The lowest BCUT2D eigenvalue weighted by Gasteiger charge is -2.24. The molecule has 0 saturated heterocycles. The molecule has 0 aromatic carbocycles. The predicted molar refractivity (Wildman–Crippen MR) is 65.6 cm³/mol. The van der Waals surface area contributed by atoms with Crippen molar-refractivity contribution in [1.29, 1.82) is 0 Å². The minimum Gasteiger partial charge on any atom is -0.328 e. The lowest BCUT2D eigenvalue weighted by molar-refractivity contribution is -0.120. The van der Waals surface area contributed by atoms with Crippen molar-refractivity contribution in [1.82, 2.24) is 9.97 Å². The Morgan fingerprint density at radius 1 is 1.35 bits per heavy atom. The number of hydrogen-bond donors (Lipinski definition) is 2. The third kappa shape index (κ3) is 3.38. The SMILES string of the molecule is NC1CCC(C(=O)Nc2cc(Cl)ncn2)CC1. The molecule has 1 heterocycles. The summed E-state index contributed by atoms with van der Waals surface area (Å²) in [7, 11) is 0. The van der Waals surface area contributed by atoms with Gasteiger partial charge in [0.1, 0.15) is 17.3 Å². The number of carbonyl (C=O) groups excluding carboxylic acids is 1. The number of rotatable bonds is 2. The van der Waals surface area contributed by atoms with Crippen molar-refractivity contribution < 1.29 is 4.79 Å². The number of carbonyl (C=O) groups is 1. The van der Waals surface area contributed by atoms with Gasteiger partial charge in [0.25, 0.3) is 0 Å². The van der Waals surface area contributed by atoms with E-state index in [0.717, 1.165) is 25.7 Å². The van der Waals surface area contributed by atoms with E-state index >= 15 is 0 Å². The summed E-state index contributed by atoms with van der Waals surface area (Å²) in [6.07, 6.45) is 4.82. The molecule has 1 amide bonds. The highest BCUT2D eigenvalue weighted by Crippen LogP contribution is 2.24. The number of hydrogen-bond acceptors (Lipinski definition) is 4. The van der Waals surface area contributed by atoms with E-state index in [-0.39, 0.29) is 17.9 Å². The molecule has 0 radical (unpaired) electrons. The third-order valence-electron chi connectivity index (χ3n) is 3.03. The molecule has 1 saturated carbocycles. The van der Waals surface area contributed by atoms with Gasteiger partial charge in [-0.1, -0.05) is 11.6 Å². The molecule has 0 aliphatic heterocycles. The summed E-state index contributed by atoms with van der Waals surface area (Å²) in [6, 6.07) is 1.78. The normalized spacial score (nSPS) is 24.4. The van der Waals surface area contributed by atoms with Crippen LogP contribution in [0.15, 0.2) is 12.4 Å². The van der Waals surface area contributed by atoms with Gasteiger partial charge < -0.3 is 11.1 Å². The summed E-state index contributed by atoms with van der Waals surface area (Å²) in [4.78, 5) is 19.6. The summed E-state index contributed by atoms with van der Waals surface area (Å²) in [5.74, 6) is 0.472. The van der Waals surface area contributed by atoms with Crippen LogP contribution in [-0.4, -0.2) is 21.9 Å². The van der Waals surface area contributed by atoms with Gasteiger partial charge >= 0.3 is 0 Å². The smallest absolute Gasteiger partial charge is 0.228 e. The Labute approximate surface area is 105 Å². The van der Waals surface area contributed by atoms with Crippen LogP contribution in [0.4, 0.5) is 5.82 Å². The van der Waals surface area contributed by atoms with E-state index in [1.807, 2.05) is 0 Å². The predicted octanol–water partition coefficient (Wildman–Crippen LogP) is 1.59. The fraction of sp³-hybridized carbons (Fsp3) is 0.545. The molecule has 0 spiro atoms. The number of nitrogens with one attached hydrogen (secondary N) is 1. The molecule has 17 heavy (non-hydrogen) atoms. The van der Waals surface area contributed by atoms with Gasteiger partial charge in [-0.2, -0.15) is 0 Å². The van der Waals surface area contributed by atoms with Crippen LogP contribution >= 0.6 is 11.6 Å². The van der Waals surface area contributed by atoms with E-state index in [1.54, 1.807) is 0 Å². The Morgan fingerprint density at radius 2 is 2.06 bits per heavy atom. The molecule has 1 aliphatic carbocycles. The van der Waals surface area contributed by atoms with Gasteiger partial charge in [-0.3, -0.25) is 4.79 Å². The van der Waals surface area contributed by atoms with E-state index in [4.69, 9.17) is 17.3 Å². The fourth-order valence-corrected chi connectivity index (χ4v) is 2.16. The van der Waals surface area contributed by atoms with Gasteiger partial charge in [0, 0.05) is 18.0 Å². The maximum atomic E-state index is 11.9. The quantitative estimate of drug-likeness (QED) is 0.786. The standard InChI is InChI=1S/C11H15ClN4O/c12-9-5-10(15-6-14-9)16-11(17)7-1-3-8(13)4-2-7/h5-8H,1-4,13H2,(H,14,15,16,17). The third-order valence-corrected chi connectivity index (χ3v) is 3.23. The van der Waals surface area contributed by atoms with Crippen molar-refractivity contribution in [2.75, 3.05) is 5.32 Å². The Balaban J connectivity index is 1.93. The van der Waals surface area contributed by atoms with Crippen molar-refractivity contribution in [3.8, 4) is 0 Å². The molecular weight excluding hydrogens is 240 g/mol. The van der Waals surface area contributed by atoms with Crippen LogP contribution in [-0.2, 0) is 4.79 Å². The Morgan fingerprint density at radius 3 is 2.71 bits per heavy atom. The Bertz CT molecular complexity index is 404. The molecule has 1 aromatic heterocycles. The topological polar surface area (TPSA) is 80.9 Å². The molecule has 0 bridgehead atoms. The number of aromatic nitrogens is 2. The number of nitrogens with zero attached hydrogens (tertiary/aromatic N) is 2. The summed E-state index contributed by atoms with van der Waals surface area (Å²) in [5.41, 5.74) is 5.80. The summed E-state index contributed by atoms with van der Waals surface area (Å²) < 4.78 is 0. The highest BCUT2D eigenvalue weighted by atomic mass is 35.5. The largest absolute Gasteiger partial charge is 0.328 e. The summed E-state index contributed by atoms with van der Waals surface area (Å²) in [6.45, 7) is 0. The molecule has 2 rings (SSSR count). The van der Waals surface area contributed by atoms with Crippen LogP contribution < -0.4 is 11.1 Å². The first-order valence-electron chi connectivity index (χ1n) is 5.69. The second-order valence-electron chi connectivity index (χ2n) is 4.33. The van der Waals surface area contributed by atoms with Gasteiger partial charge in [-0.15, -0.1) is 0 Å². The van der Waals surface area contributed by atoms with Crippen LogP contribution in [0.25, 0.3) is 0 Å². The molecule has 1 fully saturated rings. The average molecular weight is 255 g/mol. The van der Waals surface area contributed by atoms with E-state index < -0.39 is 0 Å². The van der Waals surface area contributed by atoms with Gasteiger partial charge in [0.2, 0.25) is 5.91 Å². The number of amides is 1. The molecular formula is C11H15ClN4O. The zero-order valence-corrected chi connectivity index (χ0v) is 10.2. The molecule has 1 aromatic rings. The van der Waals surface area contributed by atoms with Gasteiger partial charge in [0.15, 0.2) is 0 Å². The van der Waals surface area contributed by atoms with E-state index in [2.05, 4.69) is 15.3 Å². The first kappa shape index (κ1) is 12.3. The fourth-order valence-electron chi connectivity index (χ4n) is 2.01. The van der Waals surface area contributed by atoms with Crippen molar-refractivity contribution in [3.63, 3.8) is 0 Å². The average Bonchev–Trinajstić information content (AvgIpc) is 2.29. The minimum absolute atomic E-state index is 0.00772. The van der Waals surface area contributed by atoms with E-state index in [9.17, 15) is 4.79 Å². The number of halogens is 1. The van der Waals surface area contributed by atoms with Crippen LogP contribution in [0.1, 0.15) is 25.7 Å². The van der Waals surface area contributed by atoms with Gasteiger partial charge in [-0.05, 0) is 25.7 Å². The van der Waals surface area contributed by atoms with Crippen molar-refractivity contribution >= 4 is 23.3 Å². The zero-order valence-electron chi connectivity index (χ0n) is 9.40. The van der Waals surface area contributed by atoms with Crippen molar-refractivity contribution in [2.45, 2.75) is 31.7 Å². The number of anilines is 1. The molecule has 92 valence electrons. The Hall–Kier alpha value is -1.20. The summed E-state index contributed by atoms with van der Waals surface area (Å²) in [5, 5.41) is 3.07. The van der Waals surface area contributed by atoms with E-state index in [0.29, 0.717) is 11.0 Å². The number of nitrogens with two attached hydrogens (primary N) is 1. The highest BCUT2D eigenvalue weighted by Gasteiger charge is 2.24. The molecule has 1 aliphatic rings. The van der Waals surface area contributed by atoms with E-state index in [1.165, 1.54) is 12.4 Å².